The van der Waals surface area contributed by atoms with Crippen molar-refractivity contribution in [3.8, 4) is 5.75 Å². The SMILES string of the molecule is COc1ccc(CC(=O)O[C@H](C)c2nc3sc(C)c(C)c3c(=O)[nH]2)cc1. The highest BCUT2D eigenvalue weighted by Crippen LogP contribution is 2.27. The second kappa shape index (κ2) is 7.29. The lowest BCUT2D eigenvalue weighted by Gasteiger charge is -2.12. The molecule has 0 fully saturated rings. The lowest BCUT2D eigenvalue weighted by atomic mass is 10.1. The predicted octanol–water partition coefficient (Wildman–Crippen LogP) is 3.46. The van der Waals surface area contributed by atoms with E-state index in [1.807, 2.05) is 26.0 Å². The van der Waals surface area contributed by atoms with Gasteiger partial charge in [0.1, 0.15) is 10.6 Å². The van der Waals surface area contributed by atoms with Crippen molar-refractivity contribution in [3.05, 3.63) is 56.4 Å². The molecule has 136 valence electrons. The third-order valence-corrected chi connectivity index (χ3v) is 5.36. The van der Waals surface area contributed by atoms with Crippen LogP contribution in [0, 0.1) is 13.8 Å². The highest BCUT2D eigenvalue weighted by Gasteiger charge is 2.18. The number of carbonyl (C=O) groups is 1. The number of fused-ring (bicyclic) bond motifs is 1. The van der Waals surface area contributed by atoms with E-state index in [2.05, 4.69) is 9.97 Å². The van der Waals surface area contributed by atoms with Crippen LogP contribution in [0.4, 0.5) is 0 Å². The van der Waals surface area contributed by atoms with Crippen LogP contribution in [0.2, 0.25) is 0 Å². The summed E-state index contributed by atoms with van der Waals surface area (Å²) < 4.78 is 10.5. The smallest absolute Gasteiger partial charge is 0.310 e. The average molecular weight is 372 g/mol. The van der Waals surface area contributed by atoms with Crippen LogP contribution < -0.4 is 10.3 Å². The number of hydrogen-bond acceptors (Lipinski definition) is 6. The molecule has 7 heteroatoms. The number of aromatic amines is 1. The summed E-state index contributed by atoms with van der Waals surface area (Å²) in [5, 5.41) is 0.605. The number of H-pyrrole nitrogens is 1. The molecule has 3 rings (SSSR count). The van der Waals surface area contributed by atoms with Crippen molar-refractivity contribution in [1.29, 1.82) is 0 Å². The van der Waals surface area contributed by atoms with Crippen molar-refractivity contribution < 1.29 is 14.3 Å². The number of nitrogens with zero attached hydrogens (tertiary/aromatic N) is 1. The minimum atomic E-state index is -0.638. The van der Waals surface area contributed by atoms with Gasteiger partial charge in [-0.1, -0.05) is 12.1 Å². The van der Waals surface area contributed by atoms with Crippen molar-refractivity contribution in [2.45, 2.75) is 33.3 Å². The lowest BCUT2D eigenvalue weighted by Crippen LogP contribution is -2.18. The molecular weight excluding hydrogens is 352 g/mol. The van der Waals surface area contributed by atoms with E-state index in [9.17, 15) is 9.59 Å². The molecule has 0 aliphatic carbocycles. The lowest BCUT2D eigenvalue weighted by molar-refractivity contribution is -0.148. The molecule has 2 heterocycles. The number of aryl methyl sites for hydroxylation is 2. The van der Waals surface area contributed by atoms with Crippen LogP contribution >= 0.6 is 11.3 Å². The van der Waals surface area contributed by atoms with Crippen molar-refractivity contribution in [2.24, 2.45) is 0 Å². The fourth-order valence-electron chi connectivity index (χ4n) is 2.67. The molecular formula is C19H20N2O4S. The van der Waals surface area contributed by atoms with Crippen LogP contribution in [0.1, 0.15) is 34.9 Å². The maximum atomic E-state index is 12.3. The van der Waals surface area contributed by atoms with E-state index in [1.54, 1.807) is 26.2 Å². The Kier molecular flexibility index (Phi) is 5.08. The van der Waals surface area contributed by atoms with Gasteiger partial charge in [0.2, 0.25) is 0 Å². The normalized spacial score (nSPS) is 12.2. The van der Waals surface area contributed by atoms with Crippen molar-refractivity contribution >= 4 is 27.5 Å². The second-order valence-electron chi connectivity index (χ2n) is 6.07. The Morgan fingerprint density at radius 2 is 1.96 bits per heavy atom. The Morgan fingerprint density at radius 3 is 2.62 bits per heavy atom. The van der Waals surface area contributed by atoms with Gasteiger partial charge >= 0.3 is 5.97 Å². The maximum absolute atomic E-state index is 12.3. The van der Waals surface area contributed by atoms with Crippen LogP contribution in [-0.2, 0) is 16.0 Å². The summed E-state index contributed by atoms with van der Waals surface area (Å²) in [4.78, 5) is 33.4. The molecule has 1 N–H and O–H groups in total. The van der Waals surface area contributed by atoms with Gasteiger partial charge in [-0.05, 0) is 44.0 Å². The summed E-state index contributed by atoms with van der Waals surface area (Å²) in [6.45, 7) is 5.56. The number of carbonyl (C=O) groups excluding carboxylic acids is 1. The van der Waals surface area contributed by atoms with Crippen molar-refractivity contribution in [1.82, 2.24) is 9.97 Å². The Morgan fingerprint density at radius 1 is 1.27 bits per heavy atom. The zero-order chi connectivity index (χ0) is 18.8. The van der Waals surface area contributed by atoms with E-state index in [0.29, 0.717) is 16.0 Å². The fourth-order valence-corrected chi connectivity index (χ4v) is 3.71. The largest absolute Gasteiger partial charge is 0.497 e. The van der Waals surface area contributed by atoms with Crippen LogP contribution in [0.5, 0.6) is 5.75 Å². The molecule has 0 radical (unpaired) electrons. The van der Waals surface area contributed by atoms with E-state index >= 15 is 0 Å². The number of methoxy groups -OCH3 is 1. The molecule has 0 aliphatic rings. The number of hydrogen-bond donors (Lipinski definition) is 1. The molecule has 0 unspecified atom stereocenters. The first-order valence-electron chi connectivity index (χ1n) is 8.21. The predicted molar refractivity (Wildman–Crippen MR) is 101 cm³/mol. The minimum absolute atomic E-state index is 0.137. The van der Waals surface area contributed by atoms with E-state index in [1.165, 1.54) is 11.3 Å². The summed E-state index contributed by atoms with van der Waals surface area (Å²) in [5.74, 6) is 0.697. The summed E-state index contributed by atoms with van der Waals surface area (Å²) in [6, 6.07) is 7.21. The molecule has 0 aliphatic heterocycles. The average Bonchev–Trinajstić information content (AvgIpc) is 2.90. The highest BCUT2D eigenvalue weighted by atomic mass is 32.1. The molecule has 3 aromatic rings. The van der Waals surface area contributed by atoms with Gasteiger partial charge in [-0.25, -0.2) is 4.98 Å². The molecule has 0 spiro atoms. The first-order chi connectivity index (χ1) is 12.4. The molecule has 1 atom stereocenters. The number of nitrogens with one attached hydrogen (secondary N) is 1. The van der Waals surface area contributed by atoms with E-state index in [4.69, 9.17) is 9.47 Å². The minimum Gasteiger partial charge on any atom is -0.497 e. The van der Waals surface area contributed by atoms with Gasteiger partial charge in [-0.2, -0.15) is 0 Å². The highest BCUT2D eigenvalue weighted by molar-refractivity contribution is 7.18. The summed E-state index contributed by atoms with van der Waals surface area (Å²) in [5.41, 5.74) is 1.56. The molecule has 6 nitrogen and oxygen atoms in total. The number of rotatable bonds is 5. The number of aromatic nitrogens is 2. The molecule has 1 aromatic carbocycles. The van der Waals surface area contributed by atoms with Crippen LogP contribution in [0.3, 0.4) is 0 Å². The van der Waals surface area contributed by atoms with Gasteiger partial charge in [-0.15, -0.1) is 11.3 Å². The number of benzene rings is 1. The van der Waals surface area contributed by atoms with E-state index < -0.39 is 6.10 Å². The number of esters is 1. The molecule has 2 aromatic heterocycles. The third kappa shape index (κ3) is 3.62. The second-order valence-corrected chi connectivity index (χ2v) is 7.27. The zero-order valence-electron chi connectivity index (χ0n) is 15.1. The molecule has 26 heavy (non-hydrogen) atoms. The van der Waals surface area contributed by atoms with E-state index in [-0.39, 0.29) is 17.9 Å². The van der Waals surface area contributed by atoms with Gasteiger partial charge in [0.15, 0.2) is 11.9 Å². The van der Waals surface area contributed by atoms with E-state index in [0.717, 1.165) is 21.8 Å². The van der Waals surface area contributed by atoms with Crippen LogP contribution in [0.25, 0.3) is 10.2 Å². The van der Waals surface area contributed by atoms with Crippen LogP contribution in [0.15, 0.2) is 29.1 Å². The first kappa shape index (κ1) is 18.1. The summed E-state index contributed by atoms with van der Waals surface area (Å²) in [6.07, 6.45) is -0.501. The van der Waals surface area contributed by atoms with Gasteiger partial charge in [0, 0.05) is 4.88 Å². The molecule has 0 saturated carbocycles. The molecule has 0 bridgehead atoms. The summed E-state index contributed by atoms with van der Waals surface area (Å²) in [7, 11) is 1.59. The quantitative estimate of drug-likeness (QED) is 0.694. The number of ether oxygens (including phenoxy) is 2. The van der Waals surface area contributed by atoms with Gasteiger partial charge in [-0.3, -0.25) is 9.59 Å². The van der Waals surface area contributed by atoms with Crippen LogP contribution in [-0.4, -0.2) is 23.0 Å². The maximum Gasteiger partial charge on any atom is 0.310 e. The zero-order valence-corrected chi connectivity index (χ0v) is 15.9. The fraction of sp³-hybridized carbons (Fsp3) is 0.316. The summed E-state index contributed by atoms with van der Waals surface area (Å²) >= 11 is 1.47. The van der Waals surface area contributed by atoms with Crippen molar-refractivity contribution in [3.63, 3.8) is 0 Å². The Labute approximate surface area is 154 Å². The first-order valence-corrected chi connectivity index (χ1v) is 9.03. The third-order valence-electron chi connectivity index (χ3n) is 4.26. The topological polar surface area (TPSA) is 81.3 Å². The number of thiophene rings is 1. The standard InChI is InChI=1S/C19H20N2O4S/c1-10-12(3)26-19-16(10)18(23)20-17(21-19)11(2)25-15(22)9-13-5-7-14(24-4)8-6-13/h5-8,11H,9H2,1-4H3,(H,20,21,23)/t11-/m1/s1. The Hall–Kier alpha value is -2.67. The monoisotopic (exact) mass is 372 g/mol. The van der Waals surface area contributed by atoms with Gasteiger partial charge < -0.3 is 14.5 Å². The Bertz CT molecular complexity index is 1000. The van der Waals surface area contributed by atoms with Crippen molar-refractivity contribution in [2.75, 3.05) is 7.11 Å². The van der Waals surface area contributed by atoms with Gasteiger partial charge in [0.25, 0.3) is 5.56 Å². The molecule has 0 amide bonds. The Balaban J connectivity index is 1.74. The van der Waals surface area contributed by atoms with Gasteiger partial charge in [0.05, 0.1) is 18.9 Å². The molecule has 0 saturated heterocycles.